The second-order valence-electron chi connectivity index (χ2n) is 6.24. The molecule has 0 N–H and O–H groups in total. The van der Waals surface area contributed by atoms with E-state index < -0.39 is 0 Å². The monoisotopic (exact) mass is 390 g/mol. The van der Waals surface area contributed by atoms with Crippen molar-refractivity contribution in [3.05, 3.63) is 107 Å². The molecular formula is C24H19ClO3. The van der Waals surface area contributed by atoms with Gasteiger partial charge in [0, 0.05) is 22.6 Å². The number of methoxy groups -OCH3 is 1. The van der Waals surface area contributed by atoms with Crippen molar-refractivity contribution in [2.75, 3.05) is 7.11 Å². The molecule has 0 fully saturated rings. The lowest BCUT2D eigenvalue weighted by Gasteiger charge is -2.08. The molecule has 0 aliphatic carbocycles. The number of hydrogen-bond acceptors (Lipinski definition) is 3. The summed E-state index contributed by atoms with van der Waals surface area (Å²) in [4.78, 5) is 25.5. The van der Waals surface area contributed by atoms with Gasteiger partial charge in [-0.05, 0) is 65.7 Å². The van der Waals surface area contributed by atoms with E-state index in [4.69, 9.17) is 16.3 Å². The summed E-state index contributed by atoms with van der Waals surface area (Å²) in [6, 6.07) is 23.1. The van der Waals surface area contributed by atoms with Crippen LogP contribution in [-0.2, 0) is 0 Å². The Morgan fingerprint density at radius 2 is 1.43 bits per heavy atom. The molecule has 0 bridgehead atoms. The molecule has 3 nitrogen and oxygen atoms in total. The number of carbonyl (C=O) groups excluding carboxylic acids is 2. The van der Waals surface area contributed by atoms with Crippen molar-refractivity contribution >= 4 is 28.7 Å². The highest BCUT2D eigenvalue weighted by Crippen LogP contribution is 2.23. The predicted octanol–water partition coefficient (Wildman–Crippen LogP) is 5.89. The second-order valence-corrected chi connectivity index (χ2v) is 6.67. The molecule has 0 atom stereocenters. The van der Waals surface area contributed by atoms with Crippen LogP contribution in [0.4, 0.5) is 0 Å². The van der Waals surface area contributed by atoms with Crippen molar-refractivity contribution in [2.24, 2.45) is 0 Å². The summed E-state index contributed by atoms with van der Waals surface area (Å²) in [5.74, 6) is 0.446. The average molecular weight is 391 g/mol. The molecule has 28 heavy (non-hydrogen) atoms. The van der Waals surface area contributed by atoms with Crippen molar-refractivity contribution in [1.29, 1.82) is 0 Å². The minimum atomic E-state index is -0.162. The lowest BCUT2D eigenvalue weighted by atomic mass is 9.95. The summed E-state index contributed by atoms with van der Waals surface area (Å²) < 4.78 is 5.13. The highest BCUT2D eigenvalue weighted by molar-refractivity contribution is 6.30. The van der Waals surface area contributed by atoms with E-state index >= 15 is 0 Å². The van der Waals surface area contributed by atoms with Gasteiger partial charge in [0.25, 0.3) is 0 Å². The van der Waals surface area contributed by atoms with Crippen LogP contribution in [0.15, 0.2) is 84.9 Å². The number of halogens is 1. The van der Waals surface area contributed by atoms with Crippen molar-refractivity contribution in [3.63, 3.8) is 0 Å². The first-order valence-electron chi connectivity index (χ1n) is 8.80. The van der Waals surface area contributed by atoms with Gasteiger partial charge < -0.3 is 4.74 Å². The molecule has 4 heteroatoms. The highest BCUT2D eigenvalue weighted by Gasteiger charge is 2.13. The van der Waals surface area contributed by atoms with Gasteiger partial charge in [0.15, 0.2) is 11.6 Å². The standard InChI is InChI=1S/C24H19ClO3/c1-28-22-13-9-19(10-14-22)24(27)16-20(17-5-3-2-4-6-17)15-23(26)18-7-11-21(25)12-8-18/h2-14,16H,15H2,1H3. The number of carbonyl (C=O) groups is 2. The van der Waals surface area contributed by atoms with Crippen LogP contribution < -0.4 is 4.74 Å². The van der Waals surface area contributed by atoms with E-state index in [1.165, 1.54) is 6.08 Å². The number of ether oxygens (including phenoxy) is 1. The number of allylic oxidation sites excluding steroid dienone is 2. The molecule has 0 unspecified atom stereocenters. The normalized spacial score (nSPS) is 11.1. The molecule has 0 radical (unpaired) electrons. The van der Waals surface area contributed by atoms with E-state index in [2.05, 4.69) is 0 Å². The van der Waals surface area contributed by atoms with Crippen LogP contribution in [0, 0.1) is 0 Å². The Labute approximate surface area is 169 Å². The van der Waals surface area contributed by atoms with Crippen molar-refractivity contribution in [1.82, 2.24) is 0 Å². The molecule has 0 aliphatic rings. The minimum Gasteiger partial charge on any atom is -0.497 e. The minimum absolute atomic E-state index is 0.0747. The fraction of sp³-hybridized carbons (Fsp3) is 0.0833. The van der Waals surface area contributed by atoms with Gasteiger partial charge in [-0.3, -0.25) is 9.59 Å². The molecule has 0 saturated heterocycles. The van der Waals surface area contributed by atoms with E-state index in [1.807, 2.05) is 30.3 Å². The number of benzene rings is 3. The molecule has 0 amide bonds. The summed E-state index contributed by atoms with van der Waals surface area (Å²) >= 11 is 5.90. The molecule has 3 rings (SSSR count). The SMILES string of the molecule is COc1ccc(C(=O)C=C(CC(=O)c2ccc(Cl)cc2)c2ccccc2)cc1. The summed E-state index contributed by atoms with van der Waals surface area (Å²) in [6.45, 7) is 0. The highest BCUT2D eigenvalue weighted by atomic mass is 35.5. The van der Waals surface area contributed by atoms with Crippen molar-refractivity contribution in [2.45, 2.75) is 6.42 Å². The summed E-state index contributed by atoms with van der Waals surface area (Å²) in [6.07, 6.45) is 1.65. The van der Waals surface area contributed by atoms with Crippen LogP contribution in [0.25, 0.3) is 5.57 Å². The largest absolute Gasteiger partial charge is 0.497 e. The van der Waals surface area contributed by atoms with E-state index in [-0.39, 0.29) is 18.0 Å². The van der Waals surface area contributed by atoms with Crippen molar-refractivity contribution < 1.29 is 14.3 Å². The smallest absolute Gasteiger partial charge is 0.186 e. The second kappa shape index (κ2) is 9.16. The number of Topliss-reactive ketones (excluding diaryl/α,β-unsaturated/α-hetero) is 1. The Hall–Kier alpha value is -3.17. The zero-order valence-electron chi connectivity index (χ0n) is 15.4. The summed E-state index contributed by atoms with van der Waals surface area (Å²) in [5.41, 5.74) is 2.60. The third-order valence-corrected chi connectivity index (χ3v) is 4.59. The molecular weight excluding hydrogens is 372 g/mol. The lowest BCUT2D eigenvalue weighted by molar-refractivity contribution is 0.0998. The van der Waals surface area contributed by atoms with Gasteiger partial charge >= 0.3 is 0 Å². The van der Waals surface area contributed by atoms with Crippen LogP contribution in [0.5, 0.6) is 5.75 Å². The molecule has 0 aliphatic heterocycles. The first kappa shape index (κ1) is 19.6. The Balaban J connectivity index is 1.90. The van der Waals surface area contributed by atoms with Crippen LogP contribution >= 0.6 is 11.6 Å². The average Bonchev–Trinajstić information content (AvgIpc) is 2.74. The van der Waals surface area contributed by atoms with Crippen LogP contribution in [0.3, 0.4) is 0 Å². The third-order valence-electron chi connectivity index (χ3n) is 4.34. The fourth-order valence-corrected chi connectivity index (χ4v) is 2.92. The summed E-state index contributed by atoms with van der Waals surface area (Å²) in [7, 11) is 1.58. The number of hydrogen-bond donors (Lipinski definition) is 0. The topological polar surface area (TPSA) is 43.4 Å². The fourth-order valence-electron chi connectivity index (χ4n) is 2.80. The molecule has 0 aromatic heterocycles. The Morgan fingerprint density at radius 3 is 2.04 bits per heavy atom. The first-order chi connectivity index (χ1) is 13.6. The number of rotatable bonds is 7. The first-order valence-corrected chi connectivity index (χ1v) is 9.18. The Kier molecular flexibility index (Phi) is 6.41. The Bertz CT molecular complexity index is 988. The maximum absolute atomic E-state index is 12.7. The summed E-state index contributed by atoms with van der Waals surface area (Å²) in [5, 5.41) is 0.574. The van der Waals surface area contributed by atoms with Crippen molar-refractivity contribution in [3.8, 4) is 5.75 Å². The molecule has 0 saturated carbocycles. The molecule has 3 aromatic rings. The van der Waals surface area contributed by atoms with Gasteiger partial charge in [0.05, 0.1) is 7.11 Å². The third kappa shape index (κ3) is 4.96. The molecule has 0 heterocycles. The van der Waals surface area contributed by atoms with Gasteiger partial charge in [-0.25, -0.2) is 0 Å². The van der Waals surface area contributed by atoms with Crippen LogP contribution in [0.2, 0.25) is 5.02 Å². The number of ketones is 2. The molecule has 0 spiro atoms. The van der Waals surface area contributed by atoms with Crippen LogP contribution in [-0.4, -0.2) is 18.7 Å². The van der Waals surface area contributed by atoms with Gasteiger partial charge in [-0.15, -0.1) is 0 Å². The van der Waals surface area contributed by atoms with E-state index in [9.17, 15) is 9.59 Å². The maximum atomic E-state index is 12.7. The predicted molar refractivity (Wildman–Crippen MR) is 112 cm³/mol. The zero-order chi connectivity index (χ0) is 19.9. The zero-order valence-corrected chi connectivity index (χ0v) is 16.1. The Morgan fingerprint density at radius 1 is 0.821 bits per heavy atom. The van der Waals surface area contributed by atoms with Gasteiger partial charge in [-0.1, -0.05) is 41.9 Å². The maximum Gasteiger partial charge on any atom is 0.186 e. The molecule has 140 valence electrons. The lowest BCUT2D eigenvalue weighted by Crippen LogP contribution is -2.03. The van der Waals surface area contributed by atoms with Gasteiger partial charge in [0.2, 0.25) is 0 Å². The van der Waals surface area contributed by atoms with E-state index in [0.29, 0.717) is 27.5 Å². The van der Waals surface area contributed by atoms with Crippen LogP contribution in [0.1, 0.15) is 32.7 Å². The quantitative estimate of drug-likeness (QED) is 0.373. The molecule has 3 aromatic carbocycles. The van der Waals surface area contributed by atoms with E-state index in [1.54, 1.807) is 55.6 Å². The van der Waals surface area contributed by atoms with Gasteiger partial charge in [0.1, 0.15) is 5.75 Å². The van der Waals surface area contributed by atoms with E-state index in [0.717, 1.165) is 5.56 Å². The van der Waals surface area contributed by atoms with Gasteiger partial charge in [-0.2, -0.15) is 0 Å².